The number of aryl methyl sites for hydroxylation is 2. The van der Waals surface area contributed by atoms with Crippen molar-refractivity contribution in [3.05, 3.63) is 57.9 Å². The number of nitrogens with zero attached hydrogens (tertiary/aromatic N) is 5. The number of hydrogen-bond donors (Lipinski definition) is 0. The molecule has 2 fully saturated rings. The van der Waals surface area contributed by atoms with Gasteiger partial charge in [-0.25, -0.2) is 9.67 Å². The van der Waals surface area contributed by atoms with E-state index in [1.165, 1.54) is 5.56 Å². The van der Waals surface area contributed by atoms with Crippen LogP contribution in [0.1, 0.15) is 65.8 Å². The van der Waals surface area contributed by atoms with Gasteiger partial charge in [0.15, 0.2) is 5.65 Å². The van der Waals surface area contributed by atoms with Crippen LogP contribution in [0.2, 0.25) is 5.02 Å². The quantitative estimate of drug-likeness (QED) is 0.491. The van der Waals surface area contributed by atoms with Gasteiger partial charge in [0.05, 0.1) is 16.6 Å². The predicted octanol–water partition coefficient (Wildman–Crippen LogP) is 5.03. The van der Waals surface area contributed by atoms with Crippen LogP contribution in [0.3, 0.4) is 0 Å². The molecule has 0 N–H and O–H groups in total. The molecule has 0 atom stereocenters. The number of hydrogen-bond acceptors (Lipinski definition) is 4. The third kappa shape index (κ3) is 4.78. The number of unbranched alkanes of at least 4 members (excludes halogenated alkanes) is 1. The number of aromatic nitrogens is 3. The second-order valence-electron chi connectivity index (χ2n) is 9.42. The Labute approximate surface area is 200 Å². The molecular weight excluding hydrogens is 434 g/mol. The summed E-state index contributed by atoms with van der Waals surface area (Å²) < 4.78 is 2.01. The molecule has 1 aliphatic heterocycles. The molecule has 0 radical (unpaired) electrons. The Bertz CT molecular complexity index is 1140. The number of carbonyl (C=O) groups excluding carboxylic acids is 1. The van der Waals surface area contributed by atoms with Crippen molar-refractivity contribution in [1.29, 1.82) is 0 Å². The van der Waals surface area contributed by atoms with Crippen LogP contribution in [-0.2, 0) is 13.1 Å². The van der Waals surface area contributed by atoms with Gasteiger partial charge in [0.25, 0.3) is 5.91 Å². The highest BCUT2D eigenvalue weighted by Crippen LogP contribution is 2.40. The minimum absolute atomic E-state index is 0.119. The summed E-state index contributed by atoms with van der Waals surface area (Å²) in [5.74, 6) is 0.612. The molecule has 174 valence electrons. The van der Waals surface area contributed by atoms with E-state index in [4.69, 9.17) is 21.7 Å². The highest BCUT2D eigenvalue weighted by atomic mass is 35.5. The number of pyridine rings is 1. The number of rotatable bonds is 7. The number of halogens is 1. The Hall–Kier alpha value is -2.44. The molecule has 1 amide bonds. The second-order valence-corrected chi connectivity index (χ2v) is 9.86. The SMILES string of the molecule is CCCCn1nc(C)c2c(C(=O)N3CCN(Cc4ccc(Cl)cc4)CC3)cc(C3CC3)nc21. The maximum absolute atomic E-state index is 13.7. The molecule has 0 spiro atoms. The molecule has 2 aromatic heterocycles. The first-order valence-electron chi connectivity index (χ1n) is 12.2. The molecule has 3 heterocycles. The van der Waals surface area contributed by atoms with Gasteiger partial charge in [-0.1, -0.05) is 37.1 Å². The number of amides is 1. The molecule has 33 heavy (non-hydrogen) atoms. The average Bonchev–Trinajstić information content (AvgIpc) is 3.63. The third-order valence-corrected chi connectivity index (χ3v) is 7.08. The van der Waals surface area contributed by atoms with E-state index in [0.29, 0.717) is 5.92 Å². The van der Waals surface area contributed by atoms with Crippen LogP contribution < -0.4 is 0 Å². The molecule has 5 rings (SSSR count). The van der Waals surface area contributed by atoms with Crippen LogP contribution >= 0.6 is 11.6 Å². The number of fused-ring (bicyclic) bond motifs is 1. The Balaban J connectivity index is 1.36. The lowest BCUT2D eigenvalue weighted by Gasteiger charge is -2.35. The van der Waals surface area contributed by atoms with Crippen LogP contribution in [0.25, 0.3) is 11.0 Å². The summed E-state index contributed by atoms with van der Waals surface area (Å²) in [7, 11) is 0. The number of benzene rings is 1. The summed E-state index contributed by atoms with van der Waals surface area (Å²) >= 11 is 6.01. The fourth-order valence-electron chi connectivity index (χ4n) is 4.72. The van der Waals surface area contributed by atoms with Crippen molar-refractivity contribution in [3.63, 3.8) is 0 Å². The van der Waals surface area contributed by atoms with E-state index in [-0.39, 0.29) is 5.91 Å². The predicted molar refractivity (Wildman–Crippen MR) is 132 cm³/mol. The molecule has 1 aliphatic carbocycles. The fraction of sp³-hybridized carbons (Fsp3) is 0.500. The van der Waals surface area contributed by atoms with Crippen LogP contribution in [-0.4, -0.2) is 56.7 Å². The molecule has 7 heteroatoms. The largest absolute Gasteiger partial charge is 0.336 e. The van der Waals surface area contributed by atoms with E-state index < -0.39 is 0 Å². The summed E-state index contributed by atoms with van der Waals surface area (Å²) in [5, 5.41) is 6.46. The van der Waals surface area contributed by atoms with Gasteiger partial charge in [-0.2, -0.15) is 5.10 Å². The van der Waals surface area contributed by atoms with Crippen molar-refractivity contribution >= 4 is 28.5 Å². The van der Waals surface area contributed by atoms with Crippen LogP contribution in [0.5, 0.6) is 0 Å². The molecule has 0 unspecified atom stereocenters. The molecule has 2 aliphatic rings. The lowest BCUT2D eigenvalue weighted by molar-refractivity contribution is 0.0630. The first-order chi connectivity index (χ1) is 16.0. The molecule has 1 saturated heterocycles. The van der Waals surface area contributed by atoms with Crippen molar-refractivity contribution in [2.45, 2.75) is 58.5 Å². The van der Waals surface area contributed by atoms with Crippen molar-refractivity contribution in [3.8, 4) is 0 Å². The smallest absolute Gasteiger partial charge is 0.254 e. The van der Waals surface area contributed by atoms with Crippen molar-refractivity contribution in [2.75, 3.05) is 26.2 Å². The second kappa shape index (κ2) is 9.43. The van der Waals surface area contributed by atoms with Gasteiger partial charge in [0, 0.05) is 55.9 Å². The highest BCUT2D eigenvalue weighted by molar-refractivity contribution is 6.30. The molecule has 0 bridgehead atoms. The van der Waals surface area contributed by atoms with Gasteiger partial charge in [0.2, 0.25) is 0 Å². The van der Waals surface area contributed by atoms with Crippen molar-refractivity contribution in [2.24, 2.45) is 0 Å². The van der Waals surface area contributed by atoms with Crippen LogP contribution in [0.4, 0.5) is 0 Å². The van der Waals surface area contributed by atoms with Crippen LogP contribution in [0, 0.1) is 6.92 Å². The Morgan fingerprint density at radius 1 is 1.12 bits per heavy atom. The monoisotopic (exact) mass is 465 g/mol. The standard InChI is InChI=1S/C26H32ClN5O/c1-3-4-11-32-25-24(18(2)29-32)22(16-23(28-25)20-7-8-20)26(33)31-14-12-30(13-15-31)17-19-5-9-21(27)10-6-19/h5-6,9-10,16,20H,3-4,7-8,11-15,17H2,1-2H3. The molecule has 1 saturated carbocycles. The fourth-order valence-corrected chi connectivity index (χ4v) is 4.85. The minimum Gasteiger partial charge on any atom is -0.336 e. The van der Waals surface area contributed by atoms with E-state index in [1.54, 1.807) is 0 Å². The van der Waals surface area contributed by atoms with E-state index >= 15 is 0 Å². The maximum atomic E-state index is 13.7. The summed E-state index contributed by atoms with van der Waals surface area (Å²) in [6, 6.07) is 10.1. The Kier molecular flexibility index (Phi) is 6.39. The molecule has 6 nitrogen and oxygen atoms in total. The van der Waals surface area contributed by atoms with Gasteiger partial charge in [-0.05, 0) is 49.9 Å². The summed E-state index contributed by atoms with van der Waals surface area (Å²) in [4.78, 5) is 23.1. The van der Waals surface area contributed by atoms with Gasteiger partial charge in [-0.3, -0.25) is 9.69 Å². The summed E-state index contributed by atoms with van der Waals surface area (Å²) in [5.41, 5.74) is 4.88. The van der Waals surface area contributed by atoms with Crippen LogP contribution in [0.15, 0.2) is 30.3 Å². The summed E-state index contributed by atoms with van der Waals surface area (Å²) in [6.45, 7) is 9.12. The Morgan fingerprint density at radius 3 is 2.52 bits per heavy atom. The van der Waals surface area contributed by atoms with Gasteiger partial charge in [0.1, 0.15) is 0 Å². The lowest BCUT2D eigenvalue weighted by atomic mass is 10.1. The maximum Gasteiger partial charge on any atom is 0.254 e. The van der Waals surface area contributed by atoms with Crippen molar-refractivity contribution in [1.82, 2.24) is 24.6 Å². The topological polar surface area (TPSA) is 54.3 Å². The van der Waals surface area contributed by atoms with E-state index in [9.17, 15) is 4.79 Å². The third-order valence-electron chi connectivity index (χ3n) is 6.83. The van der Waals surface area contributed by atoms with Crippen molar-refractivity contribution < 1.29 is 4.79 Å². The van der Waals surface area contributed by atoms with Gasteiger partial charge < -0.3 is 4.90 Å². The zero-order valence-corrected chi connectivity index (χ0v) is 20.3. The minimum atomic E-state index is 0.119. The summed E-state index contributed by atoms with van der Waals surface area (Å²) in [6.07, 6.45) is 4.49. The zero-order chi connectivity index (χ0) is 22.9. The number of carbonyl (C=O) groups is 1. The highest BCUT2D eigenvalue weighted by Gasteiger charge is 2.31. The van der Waals surface area contributed by atoms with Gasteiger partial charge >= 0.3 is 0 Å². The zero-order valence-electron chi connectivity index (χ0n) is 19.6. The first kappa shape index (κ1) is 22.4. The Morgan fingerprint density at radius 2 is 1.85 bits per heavy atom. The molecular formula is C26H32ClN5O. The van der Waals surface area contributed by atoms with E-state index in [0.717, 1.165) is 98.0 Å². The van der Waals surface area contributed by atoms with Gasteiger partial charge in [-0.15, -0.1) is 0 Å². The van der Waals surface area contributed by atoms with E-state index in [2.05, 4.69) is 30.0 Å². The average molecular weight is 466 g/mol. The molecule has 3 aromatic rings. The normalized spacial score (nSPS) is 17.1. The lowest BCUT2D eigenvalue weighted by Crippen LogP contribution is -2.48. The number of piperazine rings is 1. The first-order valence-corrected chi connectivity index (χ1v) is 12.6. The van der Waals surface area contributed by atoms with E-state index in [1.807, 2.05) is 28.6 Å². The molecule has 1 aromatic carbocycles.